The molecule has 0 aromatic carbocycles. The number of hydrogen-bond acceptors (Lipinski definition) is 4. The van der Waals surface area contributed by atoms with E-state index in [0.29, 0.717) is 12.1 Å². The van der Waals surface area contributed by atoms with Crippen LogP contribution in [0.15, 0.2) is 12.7 Å². The number of aromatic nitrogens is 4. The lowest BCUT2D eigenvalue weighted by Gasteiger charge is -2.05. The molecule has 80 valence electrons. The highest BCUT2D eigenvalue weighted by atomic mass is 16.7. The van der Waals surface area contributed by atoms with Crippen LogP contribution in [-0.4, -0.2) is 25.9 Å². The van der Waals surface area contributed by atoms with Gasteiger partial charge in [-0.15, -0.1) is 0 Å². The van der Waals surface area contributed by atoms with Crippen molar-refractivity contribution in [3.05, 3.63) is 18.1 Å². The number of hydrogen-bond donors (Lipinski definition) is 1. The largest absolute Gasteiger partial charge is 0.412 e. The topological polar surface area (TPSA) is 68.7 Å². The highest BCUT2D eigenvalue weighted by molar-refractivity contribution is 5.68. The van der Waals surface area contributed by atoms with Gasteiger partial charge in [0.2, 0.25) is 0 Å². The summed E-state index contributed by atoms with van der Waals surface area (Å²) in [5, 5.41) is 7.71. The smallest absolute Gasteiger partial charge is 0.177 e. The number of nitrogens with zero attached hydrogens (tertiary/aromatic N) is 4. The maximum atomic E-state index is 7.71. The van der Waals surface area contributed by atoms with E-state index in [1.807, 2.05) is 18.4 Å². The molecule has 6 nitrogen and oxygen atoms in total. The maximum Gasteiger partial charge on any atom is 0.177 e. The lowest BCUT2D eigenvalue weighted by molar-refractivity contribution is 0.130. The van der Waals surface area contributed by atoms with E-state index in [-0.39, 0.29) is 5.49 Å². The van der Waals surface area contributed by atoms with Crippen LogP contribution in [0.2, 0.25) is 0 Å². The number of imidazole rings is 1. The Hall–Kier alpha value is -1.85. The van der Waals surface area contributed by atoms with Crippen LogP contribution in [0.4, 0.5) is 0 Å². The zero-order valence-electron chi connectivity index (χ0n) is 8.77. The van der Waals surface area contributed by atoms with Crippen LogP contribution in [0.3, 0.4) is 0 Å². The van der Waals surface area contributed by atoms with Crippen molar-refractivity contribution >= 4 is 11.2 Å². The molecule has 2 aromatic heterocycles. The van der Waals surface area contributed by atoms with Gasteiger partial charge in [0, 0.05) is 6.54 Å². The Balaban J connectivity index is 2.73. The van der Waals surface area contributed by atoms with Crippen molar-refractivity contribution < 1.29 is 4.84 Å². The SMILES string of the molecule is CCOn1cnc2c1c(=N)ncn2CC. The van der Waals surface area contributed by atoms with Crippen LogP contribution in [0.5, 0.6) is 0 Å². The number of aryl methyl sites for hydroxylation is 1. The van der Waals surface area contributed by atoms with Gasteiger partial charge in [-0.1, -0.05) is 0 Å². The van der Waals surface area contributed by atoms with E-state index in [9.17, 15) is 0 Å². The summed E-state index contributed by atoms with van der Waals surface area (Å²) in [4.78, 5) is 13.5. The molecule has 0 radical (unpaired) electrons. The molecule has 0 aliphatic heterocycles. The van der Waals surface area contributed by atoms with Gasteiger partial charge in [-0.3, -0.25) is 5.41 Å². The summed E-state index contributed by atoms with van der Waals surface area (Å²) in [5.41, 5.74) is 1.52. The molecule has 15 heavy (non-hydrogen) atoms. The molecule has 6 heteroatoms. The molecule has 0 saturated heterocycles. The Morgan fingerprint density at radius 3 is 2.80 bits per heavy atom. The zero-order valence-corrected chi connectivity index (χ0v) is 8.77. The summed E-state index contributed by atoms with van der Waals surface area (Å²) in [7, 11) is 0. The summed E-state index contributed by atoms with van der Waals surface area (Å²) >= 11 is 0. The molecule has 0 unspecified atom stereocenters. The summed E-state index contributed by atoms with van der Waals surface area (Å²) in [6, 6.07) is 0. The average Bonchev–Trinajstić information content (AvgIpc) is 2.64. The van der Waals surface area contributed by atoms with E-state index in [2.05, 4.69) is 9.97 Å². The molecular formula is C9H13N5O. The van der Waals surface area contributed by atoms with Crippen molar-refractivity contribution in [3.8, 4) is 0 Å². The van der Waals surface area contributed by atoms with Gasteiger partial charge in [-0.05, 0) is 13.8 Å². The maximum absolute atomic E-state index is 7.71. The Morgan fingerprint density at radius 1 is 1.33 bits per heavy atom. The first-order valence-electron chi connectivity index (χ1n) is 4.88. The molecule has 0 saturated carbocycles. The van der Waals surface area contributed by atoms with Crippen molar-refractivity contribution in [2.45, 2.75) is 20.4 Å². The third-order valence-corrected chi connectivity index (χ3v) is 2.15. The minimum absolute atomic E-state index is 0.181. The zero-order chi connectivity index (χ0) is 10.8. The van der Waals surface area contributed by atoms with Crippen molar-refractivity contribution in [1.29, 1.82) is 5.41 Å². The van der Waals surface area contributed by atoms with E-state index >= 15 is 0 Å². The predicted molar refractivity (Wildman–Crippen MR) is 54.2 cm³/mol. The number of rotatable bonds is 3. The Morgan fingerprint density at radius 2 is 2.13 bits per heavy atom. The first-order chi connectivity index (χ1) is 7.27. The highest BCUT2D eigenvalue weighted by Gasteiger charge is 2.08. The monoisotopic (exact) mass is 207 g/mol. The second-order valence-electron chi connectivity index (χ2n) is 3.04. The molecule has 0 amide bonds. The van der Waals surface area contributed by atoms with Gasteiger partial charge < -0.3 is 9.40 Å². The third kappa shape index (κ3) is 1.47. The Labute approximate surface area is 86.6 Å². The first-order valence-corrected chi connectivity index (χ1v) is 4.88. The van der Waals surface area contributed by atoms with Crippen LogP contribution in [-0.2, 0) is 6.54 Å². The molecule has 0 spiro atoms. The fourth-order valence-corrected chi connectivity index (χ4v) is 1.46. The second-order valence-corrected chi connectivity index (χ2v) is 3.04. The van der Waals surface area contributed by atoms with Gasteiger partial charge in [-0.2, -0.15) is 4.73 Å². The lowest BCUT2D eigenvalue weighted by atomic mass is 10.5. The van der Waals surface area contributed by atoms with Crippen LogP contribution in [0.25, 0.3) is 11.2 Å². The molecule has 0 fully saturated rings. The van der Waals surface area contributed by atoms with Crippen molar-refractivity contribution in [2.75, 3.05) is 6.61 Å². The summed E-state index contributed by atoms with van der Waals surface area (Å²) in [6.07, 6.45) is 3.19. The van der Waals surface area contributed by atoms with Crippen LogP contribution in [0, 0.1) is 5.41 Å². The number of fused-ring (bicyclic) bond motifs is 1. The van der Waals surface area contributed by atoms with Gasteiger partial charge in [0.15, 0.2) is 16.7 Å². The van der Waals surface area contributed by atoms with E-state index in [0.717, 1.165) is 12.2 Å². The molecule has 1 N–H and O–H groups in total. The number of nitrogens with one attached hydrogen (secondary N) is 1. The van der Waals surface area contributed by atoms with E-state index in [1.54, 1.807) is 12.7 Å². The minimum Gasteiger partial charge on any atom is -0.412 e. The van der Waals surface area contributed by atoms with Gasteiger partial charge in [0.05, 0.1) is 6.33 Å². The molecule has 0 bridgehead atoms. The minimum atomic E-state index is 0.181. The van der Waals surface area contributed by atoms with Crippen molar-refractivity contribution in [2.24, 2.45) is 0 Å². The molecular weight excluding hydrogens is 194 g/mol. The van der Waals surface area contributed by atoms with Crippen LogP contribution >= 0.6 is 0 Å². The fourth-order valence-electron chi connectivity index (χ4n) is 1.46. The second kappa shape index (κ2) is 3.72. The average molecular weight is 207 g/mol. The Kier molecular flexibility index (Phi) is 2.40. The van der Waals surface area contributed by atoms with Gasteiger partial charge in [-0.25, -0.2) is 9.97 Å². The molecule has 2 heterocycles. The van der Waals surface area contributed by atoms with E-state index in [1.165, 1.54) is 4.73 Å². The highest BCUT2D eigenvalue weighted by Crippen LogP contribution is 2.05. The molecule has 0 aliphatic carbocycles. The van der Waals surface area contributed by atoms with E-state index in [4.69, 9.17) is 10.2 Å². The summed E-state index contributed by atoms with van der Waals surface area (Å²) < 4.78 is 3.37. The van der Waals surface area contributed by atoms with Crippen LogP contribution in [0.1, 0.15) is 13.8 Å². The van der Waals surface area contributed by atoms with Gasteiger partial charge in [0.1, 0.15) is 12.9 Å². The Bertz CT molecular complexity index is 527. The predicted octanol–water partition coefficient (Wildman–Crippen LogP) is 0.181. The molecule has 2 rings (SSSR count). The molecule has 2 aromatic rings. The lowest BCUT2D eigenvalue weighted by Crippen LogP contribution is -2.18. The molecule has 0 aliphatic rings. The normalized spacial score (nSPS) is 10.8. The van der Waals surface area contributed by atoms with Gasteiger partial charge >= 0.3 is 0 Å². The van der Waals surface area contributed by atoms with Crippen LogP contribution < -0.4 is 10.3 Å². The third-order valence-electron chi connectivity index (χ3n) is 2.15. The summed E-state index contributed by atoms with van der Waals surface area (Å²) in [5.74, 6) is 0. The van der Waals surface area contributed by atoms with Crippen molar-refractivity contribution in [3.63, 3.8) is 0 Å². The quantitative estimate of drug-likeness (QED) is 0.780. The first kappa shape index (κ1) is 9.70. The summed E-state index contributed by atoms with van der Waals surface area (Å²) in [6.45, 7) is 5.20. The van der Waals surface area contributed by atoms with E-state index < -0.39 is 0 Å². The molecule has 0 atom stereocenters. The van der Waals surface area contributed by atoms with Crippen molar-refractivity contribution in [1.82, 2.24) is 19.3 Å². The van der Waals surface area contributed by atoms with Gasteiger partial charge in [0.25, 0.3) is 0 Å². The fraction of sp³-hybridized carbons (Fsp3) is 0.444. The standard InChI is InChI=1S/C9H13N5O/c1-3-13-5-11-8(10)7-9(13)12-6-14(7)15-4-2/h5-6,10H,3-4H2,1-2H3.